The molecule has 2 bridgehead atoms. The van der Waals surface area contributed by atoms with Crippen LogP contribution in [0.5, 0.6) is 0 Å². The first-order chi connectivity index (χ1) is 4.38. The van der Waals surface area contributed by atoms with Crippen LogP contribution in [0.1, 0.15) is 12.8 Å². The van der Waals surface area contributed by atoms with Crippen LogP contribution in [0.3, 0.4) is 0 Å². The van der Waals surface area contributed by atoms with Gasteiger partial charge in [-0.15, -0.1) is 0 Å². The molecule has 2 rings (SSSR count). The van der Waals surface area contributed by atoms with E-state index in [1.54, 1.807) is 0 Å². The van der Waals surface area contributed by atoms with Crippen LogP contribution >= 0.6 is 0 Å². The van der Waals surface area contributed by atoms with Gasteiger partial charge in [0.1, 0.15) is 0 Å². The van der Waals surface area contributed by atoms with Crippen molar-refractivity contribution in [3.8, 4) is 0 Å². The molecule has 9 heavy (non-hydrogen) atoms. The highest BCUT2D eigenvalue weighted by atomic mass is 16.3. The number of hydrogen-bond donors (Lipinski definition) is 2. The molecule has 0 amide bonds. The summed E-state index contributed by atoms with van der Waals surface area (Å²) in [5.41, 5.74) is 0. The molecular weight excluding hydrogens is 114 g/mol. The molecule has 0 radical (unpaired) electrons. The minimum absolute atomic E-state index is 0.0197. The summed E-state index contributed by atoms with van der Waals surface area (Å²) >= 11 is 0. The molecule has 1 saturated heterocycles. The highest BCUT2D eigenvalue weighted by Crippen LogP contribution is 2.32. The third-order valence-corrected chi connectivity index (χ3v) is 2.69. The van der Waals surface area contributed by atoms with Crippen LogP contribution in [0.4, 0.5) is 0 Å². The first kappa shape index (κ1) is 5.69. The van der Waals surface area contributed by atoms with Crippen molar-refractivity contribution < 1.29 is 5.11 Å². The molecule has 1 saturated carbocycles. The van der Waals surface area contributed by atoms with Crippen molar-refractivity contribution >= 4 is 0 Å². The lowest BCUT2D eigenvalue weighted by Gasteiger charge is -2.25. The van der Waals surface area contributed by atoms with Crippen molar-refractivity contribution in [3.05, 3.63) is 0 Å². The Morgan fingerprint density at radius 1 is 1.11 bits per heavy atom. The molecule has 1 heterocycles. The van der Waals surface area contributed by atoms with E-state index < -0.39 is 0 Å². The average molecular weight is 127 g/mol. The average Bonchev–Trinajstić information content (AvgIpc) is 2.19. The SMILES string of the molecule is O[C@@H]1[C@@H]2CC[C@H]1CNC2. The van der Waals surface area contributed by atoms with Crippen molar-refractivity contribution in [3.63, 3.8) is 0 Å². The van der Waals surface area contributed by atoms with Gasteiger partial charge >= 0.3 is 0 Å². The lowest BCUT2D eigenvalue weighted by atomic mass is 9.97. The minimum Gasteiger partial charge on any atom is -0.392 e. The first-order valence-electron chi connectivity index (χ1n) is 3.76. The van der Waals surface area contributed by atoms with Gasteiger partial charge < -0.3 is 10.4 Å². The summed E-state index contributed by atoms with van der Waals surface area (Å²) in [4.78, 5) is 0. The predicted octanol–water partition coefficient (Wildman–Crippen LogP) is -0.0233. The summed E-state index contributed by atoms with van der Waals surface area (Å²) in [5, 5.41) is 12.8. The molecule has 0 aromatic carbocycles. The van der Waals surface area contributed by atoms with Gasteiger partial charge in [-0.1, -0.05) is 0 Å². The van der Waals surface area contributed by atoms with Crippen molar-refractivity contribution in [2.75, 3.05) is 13.1 Å². The van der Waals surface area contributed by atoms with E-state index in [-0.39, 0.29) is 6.10 Å². The normalized spacial score (nSPS) is 49.7. The van der Waals surface area contributed by atoms with Crippen LogP contribution in [0.15, 0.2) is 0 Å². The second kappa shape index (κ2) is 1.96. The zero-order valence-electron chi connectivity index (χ0n) is 5.51. The number of fused-ring (bicyclic) bond motifs is 2. The van der Waals surface area contributed by atoms with Gasteiger partial charge in [-0.25, -0.2) is 0 Å². The summed E-state index contributed by atoms with van der Waals surface area (Å²) < 4.78 is 0. The van der Waals surface area contributed by atoms with Gasteiger partial charge in [-0.3, -0.25) is 0 Å². The van der Waals surface area contributed by atoms with Gasteiger partial charge in [-0.05, 0) is 24.7 Å². The van der Waals surface area contributed by atoms with E-state index in [1.807, 2.05) is 0 Å². The lowest BCUT2D eigenvalue weighted by molar-refractivity contribution is 0.0700. The third kappa shape index (κ3) is 0.775. The Labute approximate surface area is 55.3 Å². The molecule has 0 aromatic heterocycles. The molecule has 1 aliphatic carbocycles. The van der Waals surface area contributed by atoms with Gasteiger partial charge in [0.15, 0.2) is 0 Å². The first-order valence-corrected chi connectivity index (χ1v) is 3.76. The second-order valence-corrected chi connectivity index (χ2v) is 3.25. The van der Waals surface area contributed by atoms with E-state index in [0.717, 1.165) is 13.1 Å². The molecule has 0 aromatic rings. The van der Waals surface area contributed by atoms with E-state index in [0.29, 0.717) is 11.8 Å². The summed E-state index contributed by atoms with van der Waals surface area (Å²) in [6.45, 7) is 2.08. The molecular formula is C7H13NO. The van der Waals surface area contributed by atoms with Crippen molar-refractivity contribution in [1.82, 2.24) is 5.32 Å². The third-order valence-electron chi connectivity index (χ3n) is 2.69. The number of nitrogens with one attached hydrogen (secondary N) is 1. The molecule has 2 N–H and O–H groups in total. The van der Waals surface area contributed by atoms with E-state index >= 15 is 0 Å². The highest BCUT2D eigenvalue weighted by molar-refractivity contribution is 4.90. The maximum absolute atomic E-state index is 9.47. The summed E-state index contributed by atoms with van der Waals surface area (Å²) in [7, 11) is 0. The van der Waals surface area contributed by atoms with E-state index in [1.165, 1.54) is 12.8 Å². The topological polar surface area (TPSA) is 32.3 Å². The van der Waals surface area contributed by atoms with Gasteiger partial charge in [0.2, 0.25) is 0 Å². The number of aliphatic hydroxyl groups is 1. The standard InChI is InChI=1S/C7H13NO/c9-7-5-1-2-6(7)4-8-3-5/h5-9H,1-4H2/t5-,6+,7-. The second-order valence-electron chi connectivity index (χ2n) is 3.25. The fourth-order valence-corrected chi connectivity index (χ4v) is 2.05. The Bertz CT molecular complexity index is 99.5. The van der Waals surface area contributed by atoms with Crippen LogP contribution in [0.2, 0.25) is 0 Å². The molecule has 3 atom stereocenters. The van der Waals surface area contributed by atoms with Gasteiger partial charge in [0.05, 0.1) is 6.10 Å². The number of piperidine rings is 1. The molecule has 2 heteroatoms. The Hall–Kier alpha value is -0.0800. The maximum atomic E-state index is 9.47. The smallest absolute Gasteiger partial charge is 0.0620 e. The van der Waals surface area contributed by atoms with Crippen LogP contribution in [0.25, 0.3) is 0 Å². The number of rotatable bonds is 0. The highest BCUT2D eigenvalue weighted by Gasteiger charge is 2.37. The lowest BCUT2D eigenvalue weighted by Crippen LogP contribution is -2.41. The minimum atomic E-state index is 0.0197. The molecule has 2 nitrogen and oxygen atoms in total. The summed E-state index contributed by atoms with van der Waals surface area (Å²) in [5.74, 6) is 1.15. The Kier molecular flexibility index (Phi) is 1.24. The summed E-state index contributed by atoms with van der Waals surface area (Å²) in [6.07, 6.45) is 2.49. The van der Waals surface area contributed by atoms with E-state index in [2.05, 4.69) is 5.32 Å². The van der Waals surface area contributed by atoms with E-state index in [4.69, 9.17) is 0 Å². The molecule has 2 aliphatic rings. The van der Waals surface area contributed by atoms with E-state index in [9.17, 15) is 5.11 Å². The molecule has 2 fully saturated rings. The fourth-order valence-electron chi connectivity index (χ4n) is 2.05. The molecule has 0 unspecified atom stereocenters. The van der Waals surface area contributed by atoms with Crippen molar-refractivity contribution in [2.24, 2.45) is 11.8 Å². The number of hydrogen-bond acceptors (Lipinski definition) is 2. The molecule has 1 aliphatic heterocycles. The summed E-state index contributed by atoms with van der Waals surface area (Å²) in [6, 6.07) is 0. The van der Waals surface area contributed by atoms with Crippen LogP contribution in [0, 0.1) is 11.8 Å². The van der Waals surface area contributed by atoms with Crippen LogP contribution in [-0.2, 0) is 0 Å². The van der Waals surface area contributed by atoms with Gasteiger partial charge in [0.25, 0.3) is 0 Å². The maximum Gasteiger partial charge on any atom is 0.0620 e. The zero-order valence-corrected chi connectivity index (χ0v) is 5.51. The quantitative estimate of drug-likeness (QED) is 0.479. The predicted molar refractivity (Wildman–Crippen MR) is 35.1 cm³/mol. The molecule has 52 valence electrons. The Morgan fingerprint density at radius 2 is 1.67 bits per heavy atom. The van der Waals surface area contributed by atoms with Gasteiger partial charge in [0, 0.05) is 13.1 Å². The largest absolute Gasteiger partial charge is 0.392 e. The Balaban J connectivity index is 2.10. The van der Waals surface area contributed by atoms with Gasteiger partial charge in [-0.2, -0.15) is 0 Å². The zero-order chi connectivity index (χ0) is 6.27. The number of aliphatic hydroxyl groups excluding tert-OH is 1. The monoisotopic (exact) mass is 127 g/mol. The van der Waals surface area contributed by atoms with Crippen LogP contribution < -0.4 is 5.32 Å². The Morgan fingerprint density at radius 3 is 2.11 bits per heavy atom. The van der Waals surface area contributed by atoms with Crippen molar-refractivity contribution in [2.45, 2.75) is 18.9 Å². The fraction of sp³-hybridized carbons (Fsp3) is 1.00. The van der Waals surface area contributed by atoms with Crippen molar-refractivity contribution in [1.29, 1.82) is 0 Å². The van der Waals surface area contributed by atoms with Crippen LogP contribution in [-0.4, -0.2) is 24.3 Å². The molecule has 0 spiro atoms.